The van der Waals surface area contributed by atoms with Crippen LogP contribution in [-0.4, -0.2) is 45.8 Å². The number of fused-ring (bicyclic) bond motifs is 1. The minimum absolute atomic E-state index is 0.106. The zero-order valence-corrected chi connectivity index (χ0v) is 17.5. The van der Waals surface area contributed by atoms with Crippen LogP contribution in [0.25, 0.3) is 11.0 Å². The fraction of sp³-hybridized carbons (Fsp3) is 0.409. The highest BCUT2D eigenvalue weighted by molar-refractivity contribution is 6.05. The quantitative estimate of drug-likeness (QED) is 0.591. The number of halogens is 1. The van der Waals surface area contributed by atoms with Crippen LogP contribution < -0.4 is 4.74 Å². The van der Waals surface area contributed by atoms with Crippen LogP contribution in [0.5, 0.6) is 5.75 Å². The molecule has 2 aromatic heterocycles. The molecule has 1 amide bonds. The number of hydrogen-bond acceptors (Lipinski definition) is 4. The van der Waals surface area contributed by atoms with E-state index in [-0.39, 0.29) is 23.7 Å². The molecule has 3 aromatic rings. The summed E-state index contributed by atoms with van der Waals surface area (Å²) in [5.41, 5.74) is 2.18. The summed E-state index contributed by atoms with van der Waals surface area (Å²) in [7, 11) is 1.74. The first-order chi connectivity index (χ1) is 13.8. The zero-order chi connectivity index (χ0) is 21.1. The van der Waals surface area contributed by atoms with Gasteiger partial charge in [-0.2, -0.15) is 5.10 Å². The number of pyridine rings is 1. The summed E-state index contributed by atoms with van der Waals surface area (Å²) in [4.78, 5) is 19.5. The van der Waals surface area contributed by atoms with Crippen molar-refractivity contribution in [2.75, 3.05) is 20.2 Å². The van der Waals surface area contributed by atoms with Crippen molar-refractivity contribution in [3.63, 3.8) is 0 Å². The minimum Gasteiger partial charge on any atom is -0.492 e. The first-order valence-corrected chi connectivity index (χ1v) is 9.80. The van der Waals surface area contributed by atoms with E-state index in [4.69, 9.17) is 9.72 Å². The topological polar surface area (TPSA) is 60.3 Å². The molecule has 29 heavy (non-hydrogen) atoms. The molecule has 6 nitrogen and oxygen atoms in total. The molecular formula is C22H27FN4O2. The van der Waals surface area contributed by atoms with Crippen LogP contribution >= 0.6 is 0 Å². The van der Waals surface area contributed by atoms with Gasteiger partial charge in [0.1, 0.15) is 18.2 Å². The molecule has 0 bridgehead atoms. The van der Waals surface area contributed by atoms with E-state index in [9.17, 15) is 9.18 Å². The first-order valence-electron chi connectivity index (χ1n) is 9.80. The van der Waals surface area contributed by atoms with Crippen molar-refractivity contribution in [2.24, 2.45) is 0 Å². The minimum atomic E-state index is -0.311. The standard InChI is InChI=1S/C22H27FN4O2/c1-14(2)20-12-18(19-13-24-27(15(3)4)21(19)25-20)22(28)26(5)10-11-29-17-8-6-16(23)7-9-17/h6-9,12-15H,10-11H2,1-5H3. The number of aromatic nitrogens is 3. The van der Waals surface area contributed by atoms with Crippen LogP contribution in [0, 0.1) is 5.82 Å². The molecule has 2 heterocycles. The lowest BCUT2D eigenvalue weighted by molar-refractivity contribution is 0.0775. The molecular weight excluding hydrogens is 371 g/mol. The number of likely N-dealkylation sites (N-methyl/N-ethyl adjacent to an activating group) is 1. The maximum atomic E-state index is 13.2. The summed E-state index contributed by atoms with van der Waals surface area (Å²) in [5.74, 6) is 0.340. The summed E-state index contributed by atoms with van der Waals surface area (Å²) in [6.45, 7) is 8.89. The lowest BCUT2D eigenvalue weighted by atomic mass is 10.0. The van der Waals surface area contributed by atoms with E-state index >= 15 is 0 Å². The van der Waals surface area contributed by atoms with Crippen molar-refractivity contribution < 1.29 is 13.9 Å². The summed E-state index contributed by atoms with van der Waals surface area (Å²) < 4.78 is 20.4. The third-order valence-corrected chi connectivity index (χ3v) is 4.75. The molecule has 0 unspecified atom stereocenters. The van der Waals surface area contributed by atoms with Crippen LogP contribution in [-0.2, 0) is 0 Å². The maximum Gasteiger partial charge on any atom is 0.254 e. The van der Waals surface area contributed by atoms with E-state index in [0.717, 1.165) is 16.7 Å². The summed E-state index contributed by atoms with van der Waals surface area (Å²) >= 11 is 0. The highest BCUT2D eigenvalue weighted by Gasteiger charge is 2.21. The van der Waals surface area contributed by atoms with E-state index in [1.54, 1.807) is 30.3 Å². The molecule has 0 fully saturated rings. The van der Waals surface area contributed by atoms with Crippen LogP contribution in [0.3, 0.4) is 0 Å². The molecule has 154 valence electrons. The Morgan fingerprint density at radius 1 is 1.21 bits per heavy atom. The smallest absolute Gasteiger partial charge is 0.254 e. The van der Waals surface area contributed by atoms with Gasteiger partial charge in [0.25, 0.3) is 5.91 Å². The average Bonchev–Trinajstić information content (AvgIpc) is 3.12. The first kappa shape index (κ1) is 20.8. The van der Waals surface area contributed by atoms with Gasteiger partial charge in [-0.05, 0) is 50.1 Å². The molecule has 3 rings (SSSR count). The Balaban J connectivity index is 1.80. The molecule has 0 atom stereocenters. The summed E-state index contributed by atoms with van der Waals surface area (Å²) in [6, 6.07) is 7.83. The number of carbonyl (C=O) groups excluding carboxylic acids is 1. The molecule has 7 heteroatoms. The largest absolute Gasteiger partial charge is 0.492 e. The molecule has 0 radical (unpaired) electrons. The molecule has 0 saturated heterocycles. The number of nitrogens with zero attached hydrogens (tertiary/aromatic N) is 4. The highest BCUT2D eigenvalue weighted by Crippen LogP contribution is 2.25. The number of ether oxygens (including phenoxy) is 1. The van der Waals surface area contributed by atoms with Crippen molar-refractivity contribution in [1.29, 1.82) is 0 Å². The van der Waals surface area contributed by atoms with Crippen LogP contribution in [0.4, 0.5) is 4.39 Å². The molecule has 0 aliphatic rings. The Kier molecular flexibility index (Phi) is 6.15. The Hall–Kier alpha value is -2.96. The molecule has 1 aromatic carbocycles. The van der Waals surface area contributed by atoms with Crippen molar-refractivity contribution in [2.45, 2.75) is 39.7 Å². The third-order valence-electron chi connectivity index (χ3n) is 4.75. The monoisotopic (exact) mass is 398 g/mol. The second-order valence-corrected chi connectivity index (χ2v) is 7.70. The number of benzene rings is 1. The molecule has 0 aliphatic heterocycles. The van der Waals surface area contributed by atoms with Crippen LogP contribution in [0.15, 0.2) is 36.5 Å². The van der Waals surface area contributed by atoms with Gasteiger partial charge in [-0.25, -0.2) is 14.1 Å². The lowest BCUT2D eigenvalue weighted by Crippen LogP contribution is -2.31. The Labute approximate surface area is 170 Å². The predicted molar refractivity (Wildman–Crippen MR) is 111 cm³/mol. The molecule has 0 N–H and O–H groups in total. The fourth-order valence-electron chi connectivity index (χ4n) is 3.03. The predicted octanol–water partition coefficient (Wildman–Crippen LogP) is 4.43. The molecule has 0 saturated carbocycles. The van der Waals surface area contributed by atoms with Gasteiger partial charge in [0.05, 0.1) is 23.7 Å². The van der Waals surface area contributed by atoms with Crippen molar-refractivity contribution in [3.8, 4) is 5.75 Å². The number of hydrogen-bond donors (Lipinski definition) is 0. The maximum absolute atomic E-state index is 13.2. The average molecular weight is 398 g/mol. The normalized spacial score (nSPS) is 11.4. The Morgan fingerprint density at radius 3 is 2.52 bits per heavy atom. The van der Waals surface area contributed by atoms with Gasteiger partial charge in [0, 0.05) is 18.8 Å². The zero-order valence-electron chi connectivity index (χ0n) is 17.5. The fourth-order valence-corrected chi connectivity index (χ4v) is 3.03. The Morgan fingerprint density at radius 2 is 1.90 bits per heavy atom. The molecule has 0 spiro atoms. The van der Waals surface area contributed by atoms with E-state index < -0.39 is 0 Å². The number of rotatable bonds is 7. The van der Waals surface area contributed by atoms with Gasteiger partial charge in [0.2, 0.25) is 0 Å². The van der Waals surface area contributed by atoms with E-state index in [1.807, 2.05) is 24.6 Å². The van der Waals surface area contributed by atoms with E-state index in [1.165, 1.54) is 12.1 Å². The second kappa shape index (κ2) is 8.59. The van der Waals surface area contributed by atoms with E-state index in [2.05, 4.69) is 18.9 Å². The van der Waals surface area contributed by atoms with Gasteiger partial charge in [0.15, 0.2) is 5.65 Å². The van der Waals surface area contributed by atoms with Crippen LogP contribution in [0.2, 0.25) is 0 Å². The van der Waals surface area contributed by atoms with Gasteiger partial charge < -0.3 is 9.64 Å². The number of amides is 1. The lowest BCUT2D eigenvalue weighted by Gasteiger charge is -2.19. The van der Waals surface area contributed by atoms with Crippen molar-refractivity contribution >= 4 is 16.9 Å². The highest BCUT2D eigenvalue weighted by atomic mass is 19.1. The van der Waals surface area contributed by atoms with Crippen LogP contribution in [0.1, 0.15) is 55.7 Å². The second-order valence-electron chi connectivity index (χ2n) is 7.70. The molecule has 0 aliphatic carbocycles. The summed E-state index contributed by atoms with van der Waals surface area (Å²) in [5, 5.41) is 5.18. The van der Waals surface area contributed by atoms with Gasteiger partial charge >= 0.3 is 0 Å². The van der Waals surface area contributed by atoms with Gasteiger partial charge in [-0.3, -0.25) is 4.79 Å². The van der Waals surface area contributed by atoms with Gasteiger partial charge in [-0.15, -0.1) is 0 Å². The van der Waals surface area contributed by atoms with E-state index in [0.29, 0.717) is 24.5 Å². The van der Waals surface area contributed by atoms with Gasteiger partial charge in [-0.1, -0.05) is 13.8 Å². The Bertz CT molecular complexity index is 996. The summed E-state index contributed by atoms with van der Waals surface area (Å²) in [6.07, 6.45) is 1.71. The van der Waals surface area contributed by atoms with Crippen molar-refractivity contribution in [3.05, 3.63) is 53.6 Å². The third kappa shape index (κ3) is 4.55. The number of carbonyl (C=O) groups is 1. The van der Waals surface area contributed by atoms with Crippen molar-refractivity contribution in [1.82, 2.24) is 19.7 Å². The SMILES string of the molecule is CC(C)c1cc(C(=O)N(C)CCOc2ccc(F)cc2)c2cnn(C(C)C)c2n1.